The average Bonchev–Trinajstić information content (AvgIpc) is 3.18. The van der Waals surface area contributed by atoms with Crippen LogP contribution >= 0.6 is 11.3 Å². The van der Waals surface area contributed by atoms with E-state index in [9.17, 15) is 9.59 Å². The number of aromatic nitrogens is 1. The first-order valence-corrected chi connectivity index (χ1v) is 8.08. The van der Waals surface area contributed by atoms with E-state index >= 15 is 0 Å². The van der Waals surface area contributed by atoms with Gasteiger partial charge >= 0.3 is 0 Å². The van der Waals surface area contributed by atoms with Gasteiger partial charge in [0.15, 0.2) is 5.82 Å². The zero-order valence-corrected chi connectivity index (χ0v) is 13.1. The summed E-state index contributed by atoms with van der Waals surface area (Å²) < 4.78 is 4.93. The van der Waals surface area contributed by atoms with Gasteiger partial charge < -0.3 is 14.7 Å². The molecule has 116 valence electrons. The fourth-order valence-electron chi connectivity index (χ4n) is 2.55. The summed E-state index contributed by atoms with van der Waals surface area (Å²) in [4.78, 5) is 27.0. The van der Waals surface area contributed by atoms with Crippen molar-refractivity contribution in [2.24, 2.45) is 5.92 Å². The summed E-state index contributed by atoms with van der Waals surface area (Å²) in [5, 5.41) is 8.41. The molecule has 1 aliphatic heterocycles. The van der Waals surface area contributed by atoms with Crippen molar-refractivity contribution >= 4 is 29.0 Å². The molecule has 1 aliphatic rings. The molecule has 0 radical (unpaired) electrons. The Morgan fingerprint density at radius 1 is 1.41 bits per heavy atom. The van der Waals surface area contributed by atoms with Crippen molar-refractivity contribution in [3.63, 3.8) is 0 Å². The summed E-state index contributed by atoms with van der Waals surface area (Å²) in [6.45, 7) is 2.98. The normalized spacial score (nSPS) is 15.8. The van der Waals surface area contributed by atoms with Gasteiger partial charge in [-0.3, -0.25) is 9.59 Å². The molecule has 3 rings (SSSR count). The van der Waals surface area contributed by atoms with E-state index in [-0.39, 0.29) is 17.7 Å². The minimum Gasteiger partial charge on any atom is -0.360 e. The average molecular weight is 319 g/mol. The highest BCUT2D eigenvalue weighted by Crippen LogP contribution is 2.22. The molecule has 0 unspecified atom stereocenters. The Kier molecular flexibility index (Phi) is 4.24. The first-order valence-electron chi connectivity index (χ1n) is 7.20. The van der Waals surface area contributed by atoms with Crippen molar-refractivity contribution in [1.82, 2.24) is 10.1 Å². The van der Waals surface area contributed by atoms with Crippen molar-refractivity contribution in [1.29, 1.82) is 0 Å². The summed E-state index contributed by atoms with van der Waals surface area (Å²) in [7, 11) is 0. The molecule has 22 heavy (non-hydrogen) atoms. The molecule has 3 heterocycles. The lowest BCUT2D eigenvalue weighted by atomic mass is 9.96. The molecule has 2 amide bonds. The fraction of sp³-hybridized carbons (Fsp3) is 0.400. The number of thiophene rings is 1. The number of amides is 2. The van der Waals surface area contributed by atoms with Crippen molar-refractivity contribution in [2.75, 3.05) is 18.4 Å². The van der Waals surface area contributed by atoms with E-state index in [0.29, 0.717) is 37.5 Å². The van der Waals surface area contributed by atoms with Gasteiger partial charge in [0.2, 0.25) is 5.91 Å². The SMILES string of the molecule is Cc1cc(NC(=O)C2CCN(C(=O)c3cccs3)CC2)no1. The monoisotopic (exact) mass is 319 g/mol. The maximum Gasteiger partial charge on any atom is 0.263 e. The van der Waals surface area contributed by atoms with Crippen LogP contribution in [-0.4, -0.2) is 35.0 Å². The van der Waals surface area contributed by atoms with Gasteiger partial charge in [-0.15, -0.1) is 11.3 Å². The zero-order chi connectivity index (χ0) is 15.5. The number of hydrogen-bond acceptors (Lipinski definition) is 5. The van der Waals surface area contributed by atoms with Crippen LogP contribution in [0.25, 0.3) is 0 Å². The van der Waals surface area contributed by atoms with Crippen molar-refractivity contribution in [2.45, 2.75) is 19.8 Å². The Bertz CT molecular complexity index is 657. The molecule has 2 aromatic rings. The first-order chi connectivity index (χ1) is 10.6. The van der Waals surface area contributed by atoms with Crippen molar-refractivity contribution in [3.8, 4) is 0 Å². The molecule has 1 saturated heterocycles. The molecule has 7 heteroatoms. The smallest absolute Gasteiger partial charge is 0.263 e. The second-order valence-corrected chi connectivity index (χ2v) is 6.30. The van der Waals surface area contributed by atoms with Gasteiger partial charge in [-0.1, -0.05) is 11.2 Å². The van der Waals surface area contributed by atoms with E-state index in [1.54, 1.807) is 13.0 Å². The molecule has 1 fully saturated rings. The van der Waals surface area contributed by atoms with E-state index in [1.807, 2.05) is 22.4 Å². The highest BCUT2D eigenvalue weighted by molar-refractivity contribution is 7.12. The second kappa shape index (κ2) is 6.31. The first kappa shape index (κ1) is 14.8. The van der Waals surface area contributed by atoms with Crippen LogP contribution in [0.15, 0.2) is 28.1 Å². The summed E-state index contributed by atoms with van der Waals surface area (Å²) in [5.74, 6) is 1.01. The lowest BCUT2D eigenvalue weighted by Crippen LogP contribution is -2.41. The topological polar surface area (TPSA) is 75.4 Å². The predicted molar refractivity (Wildman–Crippen MR) is 82.8 cm³/mol. The van der Waals surface area contributed by atoms with Gasteiger partial charge in [0.1, 0.15) is 5.76 Å². The maximum atomic E-state index is 12.2. The van der Waals surface area contributed by atoms with Gasteiger partial charge in [-0.25, -0.2) is 0 Å². The Balaban J connectivity index is 1.53. The molecule has 2 aromatic heterocycles. The molecule has 0 aromatic carbocycles. The molecule has 0 atom stereocenters. The van der Waals surface area contributed by atoms with E-state index in [2.05, 4.69) is 10.5 Å². The third kappa shape index (κ3) is 3.19. The van der Waals surface area contributed by atoms with Crippen LogP contribution < -0.4 is 5.32 Å². The summed E-state index contributed by atoms with van der Waals surface area (Å²) in [5.41, 5.74) is 0. The standard InChI is InChI=1S/C15H17N3O3S/c1-10-9-13(17-21-10)16-14(19)11-4-6-18(7-5-11)15(20)12-3-2-8-22-12/h2-3,8-9,11H,4-7H2,1H3,(H,16,17,19). The van der Waals surface area contributed by atoms with Gasteiger partial charge in [-0.2, -0.15) is 0 Å². The minimum atomic E-state index is -0.0932. The highest BCUT2D eigenvalue weighted by atomic mass is 32.1. The van der Waals surface area contributed by atoms with Crippen molar-refractivity contribution in [3.05, 3.63) is 34.2 Å². The molecule has 0 bridgehead atoms. The van der Waals surface area contributed by atoms with Gasteiger partial charge in [0.05, 0.1) is 4.88 Å². The quantitative estimate of drug-likeness (QED) is 0.943. The summed E-state index contributed by atoms with van der Waals surface area (Å²) >= 11 is 1.45. The van der Waals surface area contributed by atoms with Gasteiger partial charge in [0, 0.05) is 25.1 Å². The largest absolute Gasteiger partial charge is 0.360 e. The van der Waals surface area contributed by atoms with Crippen LogP contribution in [0.4, 0.5) is 5.82 Å². The second-order valence-electron chi connectivity index (χ2n) is 5.36. The number of nitrogens with zero attached hydrogens (tertiary/aromatic N) is 2. The van der Waals surface area contributed by atoms with E-state index < -0.39 is 0 Å². The van der Waals surface area contributed by atoms with Gasteiger partial charge in [-0.05, 0) is 31.2 Å². The molecule has 0 spiro atoms. The van der Waals surface area contributed by atoms with Crippen LogP contribution in [0.1, 0.15) is 28.3 Å². The Morgan fingerprint density at radius 3 is 2.77 bits per heavy atom. The number of hydrogen-bond donors (Lipinski definition) is 1. The van der Waals surface area contributed by atoms with E-state index in [1.165, 1.54) is 11.3 Å². The van der Waals surface area contributed by atoms with Crippen molar-refractivity contribution < 1.29 is 14.1 Å². The fourth-order valence-corrected chi connectivity index (χ4v) is 3.25. The van der Waals surface area contributed by atoms with Crippen LogP contribution in [0.2, 0.25) is 0 Å². The molecule has 1 N–H and O–H groups in total. The number of likely N-dealkylation sites (tertiary alicyclic amines) is 1. The van der Waals surface area contributed by atoms with Crippen LogP contribution in [0.3, 0.4) is 0 Å². The number of nitrogens with one attached hydrogen (secondary N) is 1. The van der Waals surface area contributed by atoms with Crippen LogP contribution in [-0.2, 0) is 4.79 Å². The number of anilines is 1. The summed E-state index contributed by atoms with van der Waals surface area (Å²) in [6, 6.07) is 5.39. The Labute approximate surface area is 132 Å². The van der Waals surface area contributed by atoms with Crippen LogP contribution in [0, 0.1) is 12.8 Å². The summed E-state index contributed by atoms with van der Waals surface area (Å²) in [6.07, 6.45) is 1.33. The molecule has 0 saturated carbocycles. The predicted octanol–water partition coefficient (Wildman–Crippen LogP) is 2.54. The molecular formula is C15H17N3O3S. The highest BCUT2D eigenvalue weighted by Gasteiger charge is 2.28. The van der Waals surface area contributed by atoms with E-state index in [0.717, 1.165) is 4.88 Å². The zero-order valence-electron chi connectivity index (χ0n) is 12.2. The molecular weight excluding hydrogens is 302 g/mol. The number of piperidine rings is 1. The lowest BCUT2D eigenvalue weighted by molar-refractivity contribution is -0.121. The maximum absolute atomic E-state index is 12.2. The minimum absolute atomic E-state index is 0.0565. The molecule has 0 aliphatic carbocycles. The molecule has 6 nitrogen and oxygen atoms in total. The number of rotatable bonds is 3. The third-order valence-electron chi connectivity index (χ3n) is 3.76. The third-order valence-corrected chi connectivity index (χ3v) is 4.62. The Morgan fingerprint density at radius 2 is 2.18 bits per heavy atom. The Hall–Kier alpha value is -2.15. The number of carbonyl (C=O) groups is 2. The van der Waals surface area contributed by atoms with Crippen LogP contribution in [0.5, 0.6) is 0 Å². The van der Waals surface area contributed by atoms with E-state index in [4.69, 9.17) is 4.52 Å². The lowest BCUT2D eigenvalue weighted by Gasteiger charge is -2.30. The van der Waals surface area contributed by atoms with Gasteiger partial charge in [0.25, 0.3) is 5.91 Å². The number of carbonyl (C=O) groups excluding carboxylic acids is 2. The number of aryl methyl sites for hydroxylation is 1.